The van der Waals surface area contributed by atoms with E-state index >= 15 is 0 Å². The van der Waals surface area contributed by atoms with Gasteiger partial charge in [0.15, 0.2) is 6.20 Å². The molecule has 0 unspecified atom stereocenters. The second-order valence-electron chi connectivity index (χ2n) is 3.67. The maximum Gasteiger partial charge on any atom is 0.397 e. The van der Waals surface area contributed by atoms with Crippen LogP contribution < -0.4 is 4.68 Å². The standard InChI is InChI=1S/C11H14N4O3P/c1-17-19(16,18-2)9-15-6-4-10(7-14-15)11-3-5-12-8-13-11/h3-8H,9H2,1-2H3/q+1. The zero-order valence-corrected chi connectivity index (χ0v) is 11.5. The second-order valence-corrected chi connectivity index (χ2v) is 5.90. The molecular weight excluding hydrogens is 267 g/mol. The third kappa shape index (κ3) is 3.41. The molecule has 2 aromatic heterocycles. The highest BCUT2D eigenvalue weighted by molar-refractivity contribution is 7.52. The Morgan fingerprint density at radius 3 is 2.63 bits per heavy atom. The summed E-state index contributed by atoms with van der Waals surface area (Å²) in [7, 11) is -0.421. The fraction of sp³-hybridized carbons (Fsp3) is 0.273. The van der Waals surface area contributed by atoms with E-state index in [2.05, 4.69) is 15.1 Å². The first-order valence-corrected chi connectivity index (χ1v) is 7.22. The van der Waals surface area contributed by atoms with Crippen LogP contribution in [0, 0.1) is 0 Å². The molecule has 19 heavy (non-hydrogen) atoms. The molecule has 0 aliphatic carbocycles. The van der Waals surface area contributed by atoms with Gasteiger partial charge in [0.05, 0.1) is 5.69 Å². The highest BCUT2D eigenvalue weighted by atomic mass is 31.2. The summed E-state index contributed by atoms with van der Waals surface area (Å²) in [6.07, 6.45) is 6.53. The van der Waals surface area contributed by atoms with Gasteiger partial charge in [0.2, 0.25) is 0 Å². The molecule has 0 N–H and O–H groups in total. The van der Waals surface area contributed by atoms with E-state index in [1.54, 1.807) is 24.7 Å². The van der Waals surface area contributed by atoms with Crippen molar-refractivity contribution in [2.75, 3.05) is 14.2 Å². The first-order valence-electron chi connectivity index (χ1n) is 5.49. The van der Waals surface area contributed by atoms with Gasteiger partial charge in [0.25, 0.3) is 6.29 Å². The van der Waals surface area contributed by atoms with Gasteiger partial charge in [0, 0.05) is 32.0 Å². The van der Waals surface area contributed by atoms with Crippen molar-refractivity contribution in [3.05, 3.63) is 37.1 Å². The van der Waals surface area contributed by atoms with Crippen molar-refractivity contribution in [3.63, 3.8) is 0 Å². The third-order valence-corrected chi connectivity index (χ3v) is 4.27. The van der Waals surface area contributed by atoms with Crippen molar-refractivity contribution in [2.24, 2.45) is 0 Å². The summed E-state index contributed by atoms with van der Waals surface area (Å²) >= 11 is 0. The molecule has 100 valence electrons. The Morgan fingerprint density at radius 2 is 2.11 bits per heavy atom. The summed E-state index contributed by atoms with van der Waals surface area (Å²) in [5.41, 5.74) is 1.62. The highest BCUT2D eigenvalue weighted by Crippen LogP contribution is 2.46. The molecular formula is C11H14N4O3P+. The van der Waals surface area contributed by atoms with Gasteiger partial charge in [-0.3, -0.25) is 4.57 Å². The Labute approximate surface area is 110 Å². The van der Waals surface area contributed by atoms with Gasteiger partial charge in [-0.05, 0) is 11.2 Å². The monoisotopic (exact) mass is 281 g/mol. The predicted molar refractivity (Wildman–Crippen MR) is 67.1 cm³/mol. The number of rotatable bonds is 5. The third-order valence-electron chi connectivity index (χ3n) is 2.52. The van der Waals surface area contributed by atoms with Gasteiger partial charge in [0.1, 0.15) is 12.5 Å². The van der Waals surface area contributed by atoms with E-state index in [0.717, 1.165) is 11.3 Å². The Kier molecular flexibility index (Phi) is 4.31. The molecule has 8 heteroatoms. The molecule has 0 amide bonds. The maximum absolute atomic E-state index is 11.9. The molecule has 0 spiro atoms. The Hall–Kier alpha value is -1.69. The van der Waals surface area contributed by atoms with Gasteiger partial charge < -0.3 is 9.05 Å². The summed E-state index contributed by atoms with van der Waals surface area (Å²) in [5.74, 6) is 0. The van der Waals surface area contributed by atoms with Crippen LogP contribution in [0.3, 0.4) is 0 Å². The minimum absolute atomic E-state index is 0.0596. The van der Waals surface area contributed by atoms with E-state index < -0.39 is 7.60 Å². The van der Waals surface area contributed by atoms with Crippen molar-refractivity contribution in [2.45, 2.75) is 6.29 Å². The lowest BCUT2D eigenvalue weighted by Gasteiger charge is -2.08. The first kappa shape index (κ1) is 13.7. The van der Waals surface area contributed by atoms with Crippen molar-refractivity contribution in [3.8, 4) is 11.3 Å². The number of aromatic nitrogens is 4. The van der Waals surface area contributed by atoms with E-state index in [9.17, 15) is 4.57 Å². The smallest absolute Gasteiger partial charge is 0.307 e. The summed E-state index contributed by atoms with van der Waals surface area (Å²) in [6, 6.07) is 3.61. The molecule has 0 fully saturated rings. The fourth-order valence-electron chi connectivity index (χ4n) is 1.45. The van der Waals surface area contributed by atoms with Gasteiger partial charge in [-0.15, -0.1) is 0 Å². The first-order chi connectivity index (χ1) is 9.17. The van der Waals surface area contributed by atoms with Gasteiger partial charge in [-0.1, -0.05) is 4.68 Å². The van der Waals surface area contributed by atoms with Crippen LogP contribution in [-0.4, -0.2) is 29.3 Å². The Bertz CT molecular complexity index is 568. The lowest BCUT2D eigenvalue weighted by Crippen LogP contribution is -2.37. The van der Waals surface area contributed by atoms with E-state index in [-0.39, 0.29) is 6.29 Å². The molecule has 0 bridgehead atoms. The molecule has 0 saturated carbocycles. The maximum atomic E-state index is 11.9. The number of hydrogen-bond acceptors (Lipinski definition) is 6. The fourth-order valence-corrected chi connectivity index (χ4v) is 2.35. The average molecular weight is 281 g/mol. The zero-order valence-electron chi connectivity index (χ0n) is 10.6. The molecule has 0 atom stereocenters. The number of hydrogen-bond donors (Lipinski definition) is 0. The SMILES string of the molecule is COP(=O)(C[n+]1ccc(-c2ccncn2)cn1)OC. The van der Waals surface area contributed by atoms with Crippen LogP contribution in [0.4, 0.5) is 0 Å². The van der Waals surface area contributed by atoms with E-state index in [0.29, 0.717) is 0 Å². The molecule has 0 aliphatic rings. The molecule has 2 rings (SSSR count). The van der Waals surface area contributed by atoms with Crippen LogP contribution in [0.5, 0.6) is 0 Å². The van der Waals surface area contributed by atoms with Crippen molar-refractivity contribution >= 4 is 7.60 Å². The van der Waals surface area contributed by atoms with Crippen LogP contribution in [0.25, 0.3) is 11.3 Å². The zero-order chi connectivity index (χ0) is 13.7. The summed E-state index contributed by atoms with van der Waals surface area (Å²) in [5, 5.41) is 4.16. The van der Waals surface area contributed by atoms with E-state index in [4.69, 9.17) is 9.05 Å². The normalized spacial score (nSPS) is 11.5. The van der Waals surface area contributed by atoms with Crippen LogP contribution in [0.15, 0.2) is 37.1 Å². The van der Waals surface area contributed by atoms with Crippen LogP contribution in [-0.2, 0) is 19.9 Å². The largest absolute Gasteiger partial charge is 0.397 e. The molecule has 2 aromatic rings. The Morgan fingerprint density at radius 1 is 1.32 bits per heavy atom. The molecule has 0 aliphatic heterocycles. The molecule has 2 heterocycles. The van der Waals surface area contributed by atoms with Crippen LogP contribution >= 0.6 is 7.60 Å². The van der Waals surface area contributed by atoms with Crippen LogP contribution in [0.2, 0.25) is 0 Å². The number of nitrogens with zero attached hydrogens (tertiary/aromatic N) is 4. The minimum Gasteiger partial charge on any atom is -0.307 e. The van der Waals surface area contributed by atoms with E-state index in [1.165, 1.54) is 25.2 Å². The lowest BCUT2D eigenvalue weighted by atomic mass is 10.2. The van der Waals surface area contributed by atoms with Crippen molar-refractivity contribution < 1.29 is 18.3 Å². The van der Waals surface area contributed by atoms with Crippen molar-refractivity contribution in [1.29, 1.82) is 0 Å². The summed E-state index contributed by atoms with van der Waals surface area (Å²) < 4.78 is 23.2. The lowest BCUT2D eigenvalue weighted by molar-refractivity contribution is -0.738. The predicted octanol–water partition coefficient (Wildman–Crippen LogP) is 1.27. The van der Waals surface area contributed by atoms with Gasteiger partial charge >= 0.3 is 7.60 Å². The molecule has 7 nitrogen and oxygen atoms in total. The summed E-state index contributed by atoms with van der Waals surface area (Å²) in [6.45, 7) is 0. The van der Waals surface area contributed by atoms with E-state index in [1.807, 2.05) is 6.07 Å². The van der Waals surface area contributed by atoms with Gasteiger partial charge in [-0.25, -0.2) is 9.97 Å². The Balaban J connectivity index is 2.18. The van der Waals surface area contributed by atoms with Crippen molar-refractivity contribution in [1.82, 2.24) is 15.1 Å². The topological polar surface area (TPSA) is 78.1 Å². The summed E-state index contributed by atoms with van der Waals surface area (Å²) in [4.78, 5) is 7.97. The second kappa shape index (κ2) is 5.97. The average Bonchev–Trinajstić information content (AvgIpc) is 2.49. The molecule has 0 aromatic carbocycles. The van der Waals surface area contributed by atoms with Crippen LogP contribution in [0.1, 0.15) is 0 Å². The highest BCUT2D eigenvalue weighted by Gasteiger charge is 2.28. The minimum atomic E-state index is -3.12. The van der Waals surface area contributed by atoms with Gasteiger partial charge in [-0.2, -0.15) is 0 Å². The quantitative estimate of drug-likeness (QED) is 0.606. The molecule has 0 radical (unpaired) electrons. The molecule has 0 saturated heterocycles.